The van der Waals surface area contributed by atoms with E-state index in [1.165, 1.54) is 12.1 Å². The van der Waals surface area contributed by atoms with E-state index in [1.54, 1.807) is 11.8 Å². The van der Waals surface area contributed by atoms with E-state index in [-0.39, 0.29) is 24.2 Å². The van der Waals surface area contributed by atoms with Crippen molar-refractivity contribution in [3.05, 3.63) is 35.4 Å². The smallest absolute Gasteiger partial charge is 0.393 e. The van der Waals surface area contributed by atoms with Crippen LogP contribution in [-0.2, 0) is 11.0 Å². The molecular formula is C18H24F3NO2. The topological polar surface area (TPSA) is 40.5 Å². The van der Waals surface area contributed by atoms with E-state index < -0.39 is 17.8 Å². The molecule has 1 aliphatic heterocycles. The average Bonchev–Trinajstić information content (AvgIpc) is 2.54. The van der Waals surface area contributed by atoms with Gasteiger partial charge in [-0.2, -0.15) is 13.2 Å². The largest absolute Gasteiger partial charge is 0.416 e. The van der Waals surface area contributed by atoms with Crippen molar-refractivity contribution >= 4 is 5.91 Å². The summed E-state index contributed by atoms with van der Waals surface area (Å²) < 4.78 is 37.8. The molecule has 3 unspecified atom stereocenters. The van der Waals surface area contributed by atoms with Gasteiger partial charge in [0.1, 0.15) is 0 Å². The predicted octanol–water partition coefficient (Wildman–Crippen LogP) is 3.82. The fourth-order valence-corrected chi connectivity index (χ4v) is 3.14. The van der Waals surface area contributed by atoms with E-state index in [1.807, 2.05) is 6.92 Å². The van der Waals surface area contributed by atoms with E-state index >= 15 is 0 Å². The Labute approximate surface area is 140 Å². The number of carbonyl (C=O) groups excluding carboxylic acids is 1. The van der Waals surface area contributed by atoms with Crippen LogP contribution < -0.4 is 0 Å². The number of nitrogens with zero attached hydrogens (tertiary/aromatic N) is 1. The van der Waals surface area contributed by atoms with Crippen molar-refractivity contribution in [1.82, 2.24) is 4.90 Å². The van der Waals surface area contributed by atoms with Crippen molar-refractivity contribution < 1.29 is 23.1 Å². The first-order valence-electron chi connectivity index (χ1n) is 8.31. The molecule has 0 spiro atoms. The van der Waals surface area contributed by atoms with Crippen molar-refractivity contribution in [2.24, 2.45) is 5.92 Å². The zero-order valence-electron chi connectivity index (χ0n) is 14.0. The molecule has 0 aliphatic carbocycles. The van der Waals surface area contributed by atoms with Gasteiger partial charge >= 0.3 is 6.18 Å². The van der Waals surface area contributed by atoms with Crippen molar-refractivity contribution in [1.29, 1.82) is 0 Å². The molecule has 1 aliphatic rings. The van der Waals surface area contributed by atoms with Crippen LogP contribution in [0, 0.1) is 5.92 Å². The molecule has 1 saturated heterocycles. The first kappa shape index (κ1) is 18.8. The number of piperidine rings is 1. The van der Waals surface area contributed by atoms with E-state index in [0.717, 1.165) is 30.5 Å². The fraction of sp³-hybridized carbons (Fsp3) is 0.611. The Morgan fingerprint density at radius 1 is 1.29 bits per heavy atom. The maximum Gasteiger partial charge on any atom is 0.416 e. The fourth-order valence-electron chi connectivity index (χ4n) is 3.14. The van der Waals surface area contributed by atoms with Crippen LogP contribution in [0.2, 0.25) is 0 Å². The molecule has 1 fully saturated rings. The summed E-state index contributed by atoms with van der Waals surface area (Å²) in [5.74, 6) is -0.0523. The van der Waals surface area contributed by atoms with Crippen LogP contribution in [0.1, 0.15) is 50.2 Å². The summed E-state index contributed by atoms with van der Waals surface area (Å²) >= 11 is 0. The first-order valence-corrected chi connectivity index (χ1v) is 8.31. The molecule has 24 heavy (non-hydrogen) atoms. The second-order valence-corrected chi connectivity index (χ2v) is 6.71. The molecule has 6 heteroatoms. The quantitative estimate of drug-likeness (QED) is 0.903. The SMILES string of the molecule is CC(CC(=O)N1CCCC(C(C)O)C1)c1ccc(C(F)(F)F)cc1. The van der Waals surface area contributed by atoms with Crippen LogP contribution in [-0.4, -0.2) is 35.1 Å². The summed E-state index contributed by atoms with van der Waals surface area (Å²) in [6.45, 7) is 4.82. The molecule has 2 rings (SSSR count). The lowest BCUT2D eigenvalue weighted by Crippen LogP contribution is -2.43. The lowest BCUT2D eigenvalue weighted by molar-refractivity contribution is -0.137. The third kappa shape index (κ3) is 4.72. The Morgan fingerprint density at radius 3 is 2.46 bits per heavy atom. The number of hydrogen-bond donors (Lipinski definition) is 1. The van der Waals surface area contributed by atoms with Gasteiger partial charge in [-0.3, -0.25) is 4.79 Å². The molecule has 3 nitrogen and oxygen atoms in total. The number of amides is 1. The van der Waals surface area contributed by atoms with Crippen LogP contribution >= 0.6 is 0 Å². The number of likely N-dealkylation sites (tertiary alicyclic amines) is 1. The lowest BCUT2D eigenvalue weighted by Gasteiger charge is -2.34. The van der Waals surface area contributed by atoms with Gasteiger partial charge in [-0.25, -0.2) is 0 Å². The van der Waals surface area contributed by atoms with Crippen LogP contribution in [0.25, 0.3) is 0 Å². The minimum Gasteiger partial charge on any atom is -0.393 e. The highest BCUT2D eigenvalue weighted by molar-refractivity contribution is 5.77. The van der Waals surface area contributed by atoms with Crippen molar-refractivity contribution in [3.63, 3.8) is 0 Å². The van der Waals surface area contributed by atoms with Crippen LogP contribution in [0.4, 0.5) is 13.2 Å². The van der Waals surface area contributed by atoms with Gasteiger partial charge in [0.15, 0.2) is 0 Å². The second-order valence-electron chi connectivity index (χ2n) is 6.71. The Balaban J connectivity index is 1.96. The minimum absolute atomic E-state index is 0.00671. The van der Waals surface area contributed by atoms with E-state index in [0.29, 0.717) is 13.1 Å². The number of hydrogen-bond acceptors (Lipinski definition) is 2. The second kappa shape index (κ2) is 7.55. The maximum atomic E-state index is 12.6. The molecule has 0 radical (unpaired) electrons. The highest BCUT2D eigenvalue weighted by Gasteiger charge is 2.30. The summed E-state index contributed by atoms with van der Waals surface area (Å²) in [4.78, 5) is 14.2. The third-order valence-corrected chi connectivity index (χ3v) is 4.78. The number of benzene rings is 1. The number of rotatable bonds is 4. The summed E-state index contributed by atoms with van der Waals surface area (Å²) in [5, 5.41) is 9.70. The summed E-state index contributed by atoms with van der Waals surface area (Å²) in [6.07, 6.45) is -2.74. The van der Waals surface area contributed by atoms with Gasteiger partial charge in [-0.1, -0.05) is 19.1 Å². The standard InChI is InChI=1S/C18H24F3NO2/c1-12(14-5-7-16(8-6-14)18(19,20)21)10-17(24)22-9-3-4-15(11-22)13(2)23/h5-8,12-13,15,23H,3-4,9-11H2,1-2H3. The Morgan fingerprint density at radius 2 is 1.92 bits per heavy atom. The highest BCUT2D eigenvalue weighted by Crippen LogP contribution is 2.31. The van der Waals surface area contributed by atoms with Gasteiger partial charge in [0.25, 0.3) is 0 Å². The lowest BCUT2D eigenvalue weighted by atomic mass is 9.92. The van der Waals surface area contributed by atoms with Crippen LogP contribution in [0.15, 0.2) is 24.3 Å². The Hall–Kier alpha value is -1.56. The summed E-state index contributed by atoms with van der Waals surface area (Å²) in [7, 11) is 0. The van der Waals surface area contributed by atoms with Gasteiger partial charge in [0.2, 0.25) is 5.91 Å². The molecular weight excluding hydrogens is 319 g/mol. The zero-order valence-corrected chi connectivity index (χ0v) is 14.0. The third-order valence-electron chi connectivity index (χ3n) is 4.78. The number of alkyl halides is 3. The Kier molecular flexibility index (Phi) is 5.91. The summed E-state index contributed by atoms with van der Waals surface area (Å²) in [6, 6.07) is 4.99. The van der Waals surface area contributed by atoms with Gasteiger partial charge < -0.3 is 10.0 Å². The zero-order chi connectivity index (χ0) is 17.9. The molecule has 0 bridgehead atoms. The number of halogens is 3. The monoisotopic (exact) mass is 343 g/mol. The van der Waals surface area contributed by atoms with Crippen LogP contribution in [0.5, 0.6) is 0 Å². The molecule has 1 aromatic carbocycles. The van der Waals surface area contributed by atoms with E-state index in [9.17, 15) is 23.1 Å². The molecule has 1 aromatic rings. The first-order chi connectivity index (χ1) is 11.2. The number of carbonyl (C=O) groups is 1. The highest BCUT2D eigenvalue weighted by atomic mass is 19.4. The van der Waals surface area contributed by atoms with Crippen molar-refractivity contribution in [2.75, 3.05) is 13.1 Å². The van der Waals surface area contributed by atoms with E-state index in [2.05, 4.69) is 0 Å². The van der Waals surface area contributed by atoms with E-state index in [4.69, 9.17) is 0 Å². The van der Waals surface area contributed by atoms with Gasteiger partial charge in [-0.05, 0) is 43.4 Å². The van der Waals surface area contributed by atoms with Crippen molar-refractivity contribution in [3.8, 4) is 0 Å². The molecule has 1 heterocycles. The molecule has 0 saturated carbocycles. The molecule has 1 amide bonds. The normalized spacial score (nSPS) is 21.4. The molecule has 0 aromatic heterocycles. The van der Waals surface area contributed by atoms with Crippen molar-refractivity contribution in [2.45, 2.75) is 51.3 Å². The number of aliphatic hydroxyl groups is 1. The molecule has 1 N–H and O–H groups in total. The average molecular weight is 343 g/mol. The van der Waals surface area contributed by atoms with Gasteiger partial charge in [0.05, 0.1) is 11.7 Å². The Bertz CT molecular complexity index is 554. The molecule has 134 valence electrons. The number of aliphatic hydroxyl groups excluding tert-OH is 1. The maximum absolute atomic E-state index is 12.6. The van der Waals surface area contributed by atoms with Gasteiger partial charge in [-0.15, -0.1) is 0 Å². The molecule has 3 atom stereocenters. The van der Waals surface area contributed by atoms with Crippen LogP contribution in [0.3, 0.4) is 0 Å². The summed E-state index contributed by atoms with van der Waals surface area (Å²) in [5.41, 5.74) is 0.0426. The minimum atomic E-state index is -4.35. The van der Waals surface area contributed by atoms with Gasteiger partial charge in [0, 0.05) is 25.4 Å². The predicted molar refractivity (Wildman–Crippen MR) is 85.5 cm³/mol.